The molecule has 1 amide bonds. The number of amides is 1. The van der Waals surface area contributed by atoms with Crippen molar-refractivity contribution in [1.29, 1.82) is 0 Å². The highest BCUT2D eigenvalue weighted by atomic mass is 16.5. The van der Waals surface area contributed by atoms with Gasteiger partial charge in [0.15, 0.2) is 11.4 Å². The summed E-state index contributed by atoms with van der Waals surface area (Å²) in [5, 5.41) is 15.7. The molecular formula is C26H26N4O5. The van der Waals surface area contributed by atoms with Crippen molar-refractivity contribution in [3.05, 3.63) is 60.6 Å². The van der Waals surface area contributed by atoms with Gasteiger partial charge in [-0.15, -0.1) is 0 Å². The molecule has 5 rings (SSSR count). The van der Waals surface area contributed by atoms with Crippen molar-refractivity contribution in [2.75, 3.05) is 20.2 Å². The average Bonchev–Trinajstić information content (AvgIpc) is 3.59. The molecule has 1 aliphatic rings. The van der Waals surface area contributed by atoms with Crippen LogP contribution in [0.15, 0.2) is 59.4 Å². The molecule has 1 N–H and O–H groups in total. The van der Waals surface area contributed by atoms with E-state index in [2.05, 4.69) is 10.1 Å². The average molecular weight is 475 g/mol. The van der Waals surface area contributed by atoms with Crippen molar-refractivity contribution in [2.45, 2.75) is 31.8 Å². The first-order valence-electron chi connectivity index (χ1n) is 11.6. The van der Waals surface area contributed by atoms with Gasteiger partial charge in [-0.05, 0) is 30.2 Å². The summed E-state index contributed by atoms with van der Waals surface area (Å²) in [5.74, 6) is 0.0377. The Bertz CT molecular complexity index is 1410. The molecule has 1 fully saturated rings. The standard InChI is InChI=1S/C26H26N4O5/c1-3-4-13-34-25(32)30-16-20(19-9-6-11-27-23(19)30)17-7-5-8-18(14-17)21-15-22(28-35-21)26(33)10-12-29(2)24(26)31/h5-9,11,14-16,33H,3-4,10,12-13H2,1-2H3. The van der Waals surface area contributed by atoms with Crippen LogP contribution in [-0.2, 0) is 15.1 Å². The van der Waals surface area contributed by atoms with Gasteiger partial charge < -0.3 is 19.3 Å². The van der Waals surface area contributed by atoms with Crippen LogP contribution in [0.3, 0.4) is 0 Å². The van der Waals surface area contributed by atoms with Gasteiger partial charge in [0, 0.05) is 55.0 Å². The predicted octanol–water partition coefficient (Wildman–Crippen LogP) is 4.19. The number of carbonyl (C=O) groups is 2. The van der Waals surface area contributed by atoms with Gasteiger partial charge in [0.1, 0.15) is 11.3 Å². The number of aliphatic hydroxyl groups is 1. The van der Waals surface area contributed by atoms with Crippen molar-refractivity contribution in [2.24, 2.45) is 0 Å². The molecule has 0 spiro atoms. The fraction of sp³-hybridized carbons (Fsp3) is 0.308. The van der Waals surface area contributed by atoms with Crippen LogP contribution in [0, 0.1) is 0 Å². The number of hydrogen-bond donors (Lipinski definition) is 1. The van der Waals surface area contributed by atoms with E-state index in [-0.39, 0.29) is 12.1 Å². The highest BCUT2D eigenvalue weighted by Crippen LogP contribution is 2.36. The van der Waals surface area contributed by atoms with Crippen molar-refractivity contribution in [3.63, 3.8) is 0 Å². The van der Waals surface area contributed by atoms with Crippen LogP contribution in [0.5, 0.6) is 0 Å². The molecule has 3 aromatic heterocycles. The zero-order chi connectivity index (χ0) is 24.6. The lowest BCUT2D eigenvalue weighted by Crippen LogP contribution is -2.36. The van der Waals surface area contributed by atoms with Gasteiger partial charge in [0.25, 0.3) is 5.91 Å². The summed E-state index contributed by atoms with van der Waals surface area (Å²) >= 11 is 0. The Kier molecular flexibility index (Phi) is 5.86. The molecule has 1 aromatic carbocycles. The van der Waals surface area contributed by atoms with Crippen LogP contribution in [-0.4, -0.2) is 56.9 Å². The molecule has 1 unspecified atom stereocenters. The lowest BCUT2D eigenvalue weighted by molar-refractivity contribution is -0.143. The van der Waals surface area contributed by atoms with Crippen LogP contribution in [0.4, 0.5) is 4.79 Å². The smallest absolute Gasteiger partial charge is 0.419 e. The first kappa shape index (κ1) is 22.8. The van der Waals surface area contributed by atoms with E-state index in [1.54, 1.807) is 25.5 Å². The number of pyridine rings is 1. The number of rotatable bonds is 6. The van der Waals surface area contributed by atoms with Crippen LogP contribution >= 0.6 is 0 Å². The Morgan fingerprint density at radius 1 is 1.23 bits per heavy atom. The fourth-order valence-electron chi connectivity index (χ4n) is 4.34. The molecule has 4 aromatic rings. The number of benzene rings is 1. The molecule has 35 heavy (non-hydrogen) atoms. The van der Waals surface area contributed by atoms with Crippen molar-refractivity contribution in [1.82, 2.24) is 19.6 Å². The molecule has 9 nitrogen and oxygen atoms in total. The summed E-state index contributed by atoms with van der Waals surface area (Å²) in [6.45, 7) is 2.84. The van der Waals surface area contributed by atoms with Crippen molar-refractivity contribution >= 4 is 23.0 Å². The second kappa shape index (κ2) is 8.99. The van der Waals surface area contributed by atoms with E-state index in [9.17, 15) is 14.7 Å². The molecule has 0 bridgehead atoms. The van der Waals surface area contributed by atoms with Gasteiger partial charge >= 0.3 is 6.09 Å². The summed E-state index contributed by atoms with van der Waals surface area (Å²) in [6, 6.07) is 12.9. The molecule has 0 aliphatic carbocycles. The van der Waals surface area contributed by atoms with Gasteiger partial charge in [-0.2, -0.15) is 0 Å². The molecule has 9 heteroatoms. The van der Waals surface area contributed by atoms with E-state index >= 15 is 0 Å². The molecule has 1 aliphatic heterocycles. The number of nitrogens with zero attached hydrogens (tertiary/aromatic N) is 4. The number of likely N-dealkylation sites (tertiary alicyclic amines) is 1. The predicted molar refractivity (Wildman–Crippen MR) is 128 cm³/mol. The molecule has 0 saturated carbocycles. The minimum absolute atomic E-state index is 0.197. The van der Waals surface area contributed by atoms with E-state index in [1.165, 1.54) is 9.47 Å². The van der Waals surface area contributed by atoms with Crippen LogP contribution in [0.2, 0.25) is 0 Å². The number of carbonyl (C=O) groups excluding carboxylic acids is 2. The van der Waals surface area contributed by atoms with Crippen LogP contribution in [0.25, 0.3) is 33.5 Å². The largest absolute Gasteiger partial charge is 0.449 e. The molecule has 0 radical (unpaired) electrons. The van der Waals surface area contributed by atoms with Crippen LogP contribution in [0.1, 0.15) is 31.9 Å². The zero-order valence-corrected chi connectivity index (χ0v) is 19.6. The van der Waals surface area contributed by atoms with E-state index in [0.29, 0.717) is 24.6 Å². The maximum atomic E-state index is 12.7. The number of hydrogen-bond acceptors (Lipinski definition) is 7. The van der Waals surface area contributed by atoms with Crippen molar-refractivity contribution in [3.8, 4) is 22.5 Å². The highest BCUT2D eigenvalue weighted by Gasteiger charge is 2.47. The summed E-state index contributed by atoms with van der Waals surface area (Å²) in [7, 11) is 1.65. The first-order valence-corrected chi connectivity index (χ1v) is 11.6. The zero-order valence-electron chi connectivity index (χ0n) is 19.6. The number of likely N-dealkylation sites (N-methyl/N-ethyl adjacent to an activating group) is 1. The Labute approximate surface area is 201 Å². The lowest BCUT2D eigenvalue weighted by atomic mass is 9.96. The normalized spacial score (nSPS) is 17.9. The molecule has 4 heterocycles. The molecular weight excluding hydrogens is 448 g/mol. The van der Waals surface area contributed by atoms with Gasteiger partial charge in [0.2, 0.25) is 0 Å². The third-order valence-electron chi connectivity index (χ3n) is 6.38. The summed E-state index contributed by atoms with van der Waals surface area (Å²) < 4.78 is 12.3. The maximum Gasteiger partial charge on any atom is 0.419 e. The summed E-state index contributed by atoms with van der Waals surface area (Å²) in [6.07, 6.45) is 4.89. The second-order valence-corrected chi connectivity index (χ2v) is 8.75. The van der Waals surface area contributed by atoms with E-state index in [4.69, 9.17) is 9.26 Å². The lowest BCUT2D eigenvalue weighted by Gasteiger charge is -2.16. The maximum absolute atomic E-state index is 12.7. The molecule has 180 valence electrons. The molecule has 1 saturated heterocycles. The first-order chi connectivity index (χ1) is 16.9. The SMILES string of the molecule is CCCCOC(=O)n1cc(-c2cccc(-c3cc(C4(O)CCN(C)C4=O)no3)c2)c2cccnc21. The Balaban J connectivity index is 1.50. The van der Waals surface area contributed by atoms with Crippen LogP contribution < -0.4 is 0 Å². The Hall–Kier alpha value is -3.98. The third kappa shape index (κ3) is 3.97. The van der Waals surface area contributed by atoms with Crippen molar-refractivity contribution < 1.29 is 24.0 Å². The third-order valence-corrected chi connectivity index (χ3v) is 6.38. The summed E-state index contributed by atoms with van der Waals surface area (Å²) in [5.41, 5.74) is 1.41. The second-order valence-electron chi connectivity index (χ2n) is 8.75. The Morgan fingerprint density at radius 2 is 2.06 bits per heavy atom. The number of aromatic nitrogens is 3. The monoisotopic (exact) mass is 474 g/mol. The number of unbranched alkanes of at least 4 members (excludes halogenated alkanes) is 1. The summed E-state index contributed by atoms with van der Waals surface area (Å²) in [4.78, 5) is 31.0. The number of ether oxygens (including phenoxy) is 1. The Morgan fingerprint density at radius 3 is 2.83 bits per heavy atom. The fourth-order valence-corrected chi connectivity index (χ4v) is 4.34. The topological polar surface area (TPSA) is 111 Å². The van der Waals surface area contributed by atoms with E-state index < -0.39 is 17.6 Å². The van der Waals surface area contributed by atoms with E-state index in [1.807, 2.05) is 43.3 Å². The molecule has 1 atom stereocenters. The quantitative estimate of drug-likeness (QED) is 0.417. The van der Waals surface area contributed by atoms with Gasteiger partial charge in [-0.3, -0.25) is 4.79 Å². The van der Waals surface area contributed by atoms with E-state index in [0.717, 1.165) is 34.9 Å². The van der Waals surface area contributed by atoms with Gasteiger partial charge in [-0.1, -0.05) is 36.7 Å². The van der Waals surface area contributed by atoms with Gasteiger partial charge in [-0.25, -0.2) is 14.3 Å². The minimum atomic E-state index is -1.68. The highest BCUT2D eigenvalue weighted by molar-refractivity contribution is 5.99. The van der Waals surface area contributed by atoms with Gasteiger partial charge in [0.05, 0.1) is 6.61 Å². The number of fused-ring (bicyclic) bond motifs is 1. The minimum Gasteiger partial charge on any atom is -0.449 e.